The number of H-pyrrole nitrogens is 1. The molecule has 0 aliphatic rings. The normalized spacial score (nSPS) is 12.1. The number of unbranched alkanes of at least 4 members (excludes halogenated alkanes) is 1. The predicted octanol–water partition coefficient (Wildman–Crippen LogP) is 3.53. The number of nitrogens with zero attached hydrogens (tertiary/aromatic N) is 4. The Morgan fingerprint density at radius 3 is 2.26 bits per heavy atom. The van der Waals surface area contributed by atoms with E-state index in [4.69, 9.17) is 0 Å². The molecule has 4 N–H and O–H groups in total. The van der Waals surface area contributed by atoms with Crippen LogP contribution in [-0.4, -0.2) is 79.2 Å². The molecule has 3 amide bonds. The van der Waals surface area contributed by atoms with Crippen molar-refractivity contribution in [2.45, 2.75) is 45.2 Å². The Labute approximate surface area is 278 Å². The maximum absolute atomic E-state index is 13.3. The van der Waals surface area contributed by atoms with Gasteiger partial charge in [-0.25, -0.2) is 9.89 Å². The van der Waals surface area contributed by atoms with Crippen LogP contribution in [0.1, 0.15) is 37.3 Å². The van der Waals surface area contributed by atoms with Gasteiger partial charge in [0.1, 0.15) is 6.04 Å². The van der Waals surface area contributed by atoms with Gasteiger partial charge in [0.25, 0.3) is 0 Å². The summed E-state index contributed by atoms with van der Waals surface area (Å²) in [6, 6.07) is 23.3. The molecule has 4 rings (SSSR count). The summed E-state index contributed by atoms with van der Waals surface area (Å²) in [5, 5.41) is 29.5. The third-order valence-corrected chi connectivity index (χ3v) is 8.14. The van der Waals surface area contributed by atoms with Crippen molar-refractivity contribution in [2.24, 2.45) is 5.92 Å². The lowest BCUT2D eigenvalue weighted by atomic mass is 9.98. The quantitative estimate of drug-likeness (QED) is 0.107. The molecule has 4 aromatic rings. The number of nitrogens with one attached hydrogen (secondary N) is 3. The van der Waals surface area contributed by atoms with E-state index in [-0.39, 0.29) is 37.9 Å². The predicted molar refractivity (Wildman–Crippen MR) is 180 cm³/mol. The van der Waals surface area contributed by atoms with Gasteiger partial charge in [-0.1, -0.05) is 92.2 Å². The first-order valence-corrected chi connectivity index (χ1v) is 16.1. The van der Waals surface area contributed by atoms with Crippen molar-refractivity contribution in [2.75, 3.05) is 18.8 Å². The summed E-state index contributed by atoms with van der Waals surface area (Å²) >= 11 is 4.30. The first kappa shape index (κ1) is 34.8. The summed E-state index contributed by atoms with van der Waals surface area (Å²) in [5.41, 5.74) is 4.30. The molecule has 3 aromatic carbocycles. The van der Waals surface area contributed by atoms with Crippen LogP contribution in [0.15, 0.2) is 78.9 Å². The SMILES string of the molecule is CCCCC(=O)N(Cc1ccc(-c2ccccc2-c2nnn[nH]2)cc1)C(CNC(=O)CNC(=O)C(CS)Cc1ccccc1)C(=O)O. The third kappa shape index (κ3) is 9.97. The van der Waals surface area contributed by atoms with Gasteiger partial charge in [-0.2, -0.15) is 12.6 Å². The molecular formula is C34H39N7O5S. The number of carboxylic acid groups (broad SMARTS) is 1. The van der Waals surface area contributed by atoms with Crippen LogP contribution in [0.4, 0.5) is 0 Å². The second kappa shape index (κ2) is 17.6. The maximum Gasteiger partial charge on any atom is 0.328 e. The Bertz CT molecular complexity index is 1620. The first-order chi connectivity index (χ1) is 22.8. The first-order valence-electron chi connectivity index (χ1n) is 15.4. The molecule has 0 aliphatic carbocycles. The van der Waals surface area contributed by atoms with Crippen molar-refractivity contribution in [1.29, 1.82) is 0 Å². The highest BCUT2D eigenvalue weighted by atomic mass is 32.1. The van der Waals surface area contributed by atoms with E-state index in [2.05, 4.69) is 43.9 Å². The maximum atomic E-state index is 13.3. The van der Waals surface area contributed by atoms with Gasteiger partial charge in [-0.15, -0.1) is 5.10 Å². The topological polar surface area (TPSA) is 170 Å². The molecule has 1 heterocycles. The minimum absolute atomic E-state index is 0.0309. The Balaban J connectivity index is 1.41. The number of tetrazole rings is 1. The van der Waals surface area contributed by atoms with E-state index in [0.717, 1.165) is 34.2 Å². The monoisotopic (exact) mass is 657 g/mol. The minimum atomic E-state index is -1.32. The molecule has 13 heteroatoms. The summed E-state index contributed by atoms with van der Waals surface area (Å²) in [7, 11) is 0. The summed E-state index contributed by atoms with van der Waals surface area (Å²) in [6.07, 6.45) is 2.01. The van der Waals surface area contributed by atoms with Gasteiger partial charge in [0.2, 0.25) is 17.7 Å². The zero-order chi connectivity index (χ0) is 33.6. The van der Waals surface area contributed by atoms with Gasteiger partial charge in [0.05, 0.1) is 12.5 Å². The van der Waals surface area contributed by atoms with E-state index >= 15 is 0 Å². The van der Waals surface area contributed by atoms with Crippen molar-refractivity contribution in [3.8, 4) is 22.5 Å². The molecule has 2 atom stereocenters. The van der Waals surface area contributed by atoms with E-state index in [1.165, 1.54) is 4.90 Å². The summed E-state index contributed by atoms with van der Waals surface area (Å²) in [6.45, 7) is 1.33. The zero-order valence-electron chi connectivity index (χ0n) is 26.1. The van der Waals surface area contributed by atoms with Crippen LogP contribution in [0.25, 0.3) is 22.5 Å². The largest absolute Gasteiger partial charge is 0.480 e. The summed E-state index contributed by atoms with van der Waals surface area (Å²) in [5.74, 6) is -2.08. The van der Waals surface area contributed by atoms with Gasteiger partial charge < -0.3 is 20.6 Å². The molecule has 0 spiro atoms. The molecule has 0 fully saturated rings. The Morgan fingerprint density at radius 1 is 0.915 bits per heavy atom. The lowest BCUT2D eigenvalue weighted by Crippen LogP contribution is -2.52. The average Bonchev–Trinajstić information content (AvgIpc) is 3.64. The molecule has 0 aliphatic heterocycles. The summed E-state index contributed by atoms with van der Waals surface area (Å²) < 4.78 is 0. The van der Waals surface area contributed by atoms with Gasteiger partial charge in [0, 0.05) is 30.8 Å². The number of amides is 3. The fourth-order valence-electron chi connectivity index (χ4n) is 5.10. The van der Waals surface area contributed by atoms with Crippen LogP contribution in [0.2, 0.25) is 0 Å². The van der Waals surface area contributed by atoms with Gasteiger partial charge in [-0.05, 0) is 45.5 Å². The van der Waals surface area contributed by atoms with Gasteiger partial charge >= 0.3 is 5.97 Å². The molecule has 12 nitrogen and oxygen atoms in total. The number of aromatic amines is 1. The highest BCUT2D eigenvalue weighted by Crippen LogP contribution is 2.30. The molecule has 0 saturated carbocycles. The number of aromatic nitrogens is 4. The molecule has 2 unspecified atom stereocenters. The van der Waals surface area contributed by atoms with Gasteiger partial charge in [0.15, 0.2) is 5.82 Å². The Morgan fingerprint density at radius 2 is 1.62 bits per heavy atom. The number of carbonyl (C=O) groups excluding carboxylic acids is 3. The van der Waals surface area contributed by atoms with Crippen molar-refractivity contribution in [3.05, 3.63) is 90.0 Å². The van der Waals surface area contributed by atoms with Crippen LogP contribution in [0, 0.1) is 5.92 Å². The molecule has 246 valence electrons. The second-order valence-corrected chi connectivity index (χ2v) is 11.4. The number of aliphatic carboxylic acids is 1. The van der Waals surface area contributed by atoms with E-state index in [1.807, 2.05) is 85.8 Å². The molecule has 0 bridgehead atoms. The Hall–Kier alpha value is -5.04. The number of benzene rings is 3. The highest BCUT2D eigenvalue weighted by Gasteiger charge is 2.30. The lowest BCUT2D eigenvalue weighted by Gasteiger charge is -2.29. The number of hydrogen-bond donors (Lipinski definition) is 5. The molecule has 47 heavy (non-hydrogen) atoms. The standard InChI is InChI=1S/C34H39N7O5S/c1-2-3-13-31(43)41(21-24-14-16-25(17-15-24)27-11-7-8-12-28(27)32-37-39-40-38-32)29(34(45)46)19-35-30(42)20-36-33(44)26(22-47)18-23-9-5-4-6-10-23/h4-12,14-17,26,29,47H,2-3,13,18-22H2,1H3,(H,35,42)(H,36,44)(H,45,46)(H,37,38,39,40). The van der Waals surface area contributed by atoms with E-state index in [0.29, 0.717) is 24.4 Å². The molecule has 0 saturated heterocycles. The van der Waals surface area contributed by atoms with Crippen molar-refractivity contribution < 1.29 is 24.3 Å². The highest BCUT2D eigenvalue weighted by molar-refractivity contribution is 7.80. The van der Waals surface area contributed by atoms with E-state index < -0.39 is 23.8 Å². The van der Waals surface area contributed by atoms with Crippen molar-refractivity contribution >= 4 is 36.3 Å². The van der Waals surface area contributed by atoms with Crippen LogP contribution < -0.4 is 10.6 Å². The number of hydrogen-bond acceptors (Lipinski definition) is 8. The number of carboxylic acids is 1. The lowest BCUT2D eigenvalue weighted by molar-refractivity contribution is -0.151. The van der Waals surface area contributed by atoms with Crippen molar-refractivity contribution in [3.63, 3.8) is 0 Å². The van der Waals surface area contributed by atoms with Crippen LogP contribution in [-0.2, 0) is 32.1 Å². The number of thiol groups is 1. The number of carbonyl (C=O) groups is 4. The van der Waals surface area contributed by atoms with Crippen molar-refractivity contribution in [1.82, 2.24) is 36.2 Å². The van der Waals surface area contributed by atoms with E-state index in [9.17, 15) is 24.3 Å². The molecule has 0 radical (unpaired) electrons. The van der Waals surface area contributed by atoms with Crippen LogP contribution in [0.5, 0.6) is 0 Å². The van der Waals surface area contributed by atoms with Crippen LogP contribution >= 0.6 is 12.6 Å². The smallest absolute Gasteiger partial charge is 0.328 e. The zero-order valence-corrected chi connectivity index (χ0v) is 27.0. The number of rotatable bonds is 17. The molecular weight excluding hydrogens is 618 g/mol. The molecule has 1 aromatic heterocycles. The van der Waals surface area contributed by atoms with E-state index in [1.54, 1.807) is 0 Å². The fourth-order valence-corrected chi connectivity index (χ4v) is 5.39. The third-order valence-electron chi connectivity index (χ3n) is 7.70. The Kier molecular flexibility index (Phi) is 13.0. The van der Waals surface area contributed by atoms with Gasteiger partial charge in [-0.3, -0.25) is 14.4 Å². The second-order valence-electron chi connectivity index (χ2n) is 11.1. The van der Waals surface area contributed by atoms with Crippen LogP contribution in [0.3, 0.4) is 0 Å². The fraction of sp³-hybridized carbons (Fsp3) is 0.324. The summed E-state index contributed by atoms with van der Waals surface area (Å²) in [4.78, 5) is 52.4. The average molecular weight is 658 g/mol. The minimum Gasteiger partial charge on any atom is -0.480 e.